The van der Waals surface area contributed by atoms with Crippen LogP contribution >= 0.6 is 0 Å². The summed E-state index contributed by atoms with van der Waals surface area (Å²) in [5, 5.41) is 8.72. The summed E-state index contributed by atoms with van der Waals surface area (Å²) in [6.07, 6.45) is 4.82. The Morgan fingerprint density at radius 3 is 2.53 bits per heavy atom. The van der Waals surface area contributed by atoms with Crippen molar-refractivity contribution in [3.63, 3.8) is 0 Å². The average molecular weight is 461 g/mol. The van der Waals surface area contributed by atoms with E-state index in [9.17, 15) is 9.18 Å². The molecule has 4 aromatic rings. The summed E-state index contributed by atoms with van der Waals surface area (Å²) in [5.41, 5.74) is 2.04. The topological polar surface area (TPSA) is 85.2 Å². The minimum atomic E-state index is -0.301. The quantitative estimate of drug-likeness (QED) is 0.467. The molecule has 1 amide bonds. The molecule has 34 heavy (non-hydrogen) atoms. The molecule has 0 aliphatic carbocycles. The van der Waals surface area contributed by atoms with Crippen LogP contribution < -0.4 is 10.1 Å². The third-order valence-electron chi connectivity index (χ3n) is 5.97. The Labute approximate surface area is 196 Å². The second-order valence-corrected chi connectivity index (χ2v) is 8.16. The molecule has 2 aromatic carbocycles. The number of nitrogens with zero attached hydrogens (tertiary/aromatic N) is 5. The number of fused-ring (bicyclic) bond motifs is 1. The number of hydrogen-bond acceptors (Lipinski definition) is 6. The van der Waals surface area contributed by atoms with Gasteiger partial charge in [-0.25, -0.2) is 19.0 Å². The summed E-state index contributed by atoms with van der Waals surface area (Å²) >= 11 is 0. The molecule has 0 atom stereocenters. The van der Waals surface area contributed by atoms with Crippen molar-refractivity contribution in [1.82, 2.24) is 24.6 Å². The molecule has 1 N–H and O–H groups in total. The SMILES string of the molecule is CCOc1ccc(C(=O)N2CCC(Nc3ncnc4c3cnn4-c3ccc(F)cc3)CC2)cc1. The molecule has 0 saturated carbocycles. The number of carbonyl (C=O) groups excluding carboxylic acids is 1. The maximum absolute atomic E-state index is 13.3. The molecule has 3 heterocycles. The van der Waals surface area contributed by atoms with Crippen molar-refractivity contribution in [3.05, 3.63) is 72.4 Å². The number of likely N-dealkylation sites (tertiary alicyclic amines) is 1. The number of anilines is 1. The number of piperidine rings is 1. The van der Waals surface area contributed by atoms with E-state index in [0.29, 0.717) is 36.7 Å². The highest BCUT2D eigenvalue weighted by Crippen LogP contribution is 2.25. The van der Waals surface area contributed by atoms with Crippen LogP contribution in [0.1, 0.15) is 30.1 Å². The van der Waals surface area contributed by atoms with E-state index in [2.05, 4.69) is 20.4 Å². The first-order valence-corrected chi connectivity index (χ1v) is 11.4. The van der Waals surface area contributed by atoms with Crippen LogP contribution in [0.15, 0.2) is 61.1 Å². The number of hydrogen-bond donors (Lipinski definition) is 1. The van der Waals surface area contributed by atoms with Crippen LogP contribution in [0.2, 0.25) is 0 Å². The molecule has 174 valence electrons. The lowest BCUT2D eigenvalue weighted by Gasteiger charge is -2.32. The summed E-state index contributed by atoms with van der Waals surface area (Å²) < 4.78 is 20.4. The van der Waals surface area contributed by atoms with Gasteiger partial charge < -0.3 is 15.0 Å². The van der Waals surface area contributed by atoms with Crippen LogP contribution in [0.5, 0.6) is 5.75 Å². The van der Waals surface area contributed by atoms with Crippen LogP contribution in [-0.4, -0.2) is 56.3 Å². The van der Waals surface area contributed by atoms with Gasteiger partial charge in [-0.1, -0.05) is 0 Å². The number of amides is 1. The van der Waals surface area contributed by atoms with Crippen LogP contribution in [0.3, 0.4) is 0 Å². The summed E-state index contributed by atoms with van der Waals surface area (Å²) in [6.45, 7) is 3.85. The van der Waals surface area contributed by atoms with Gasteiger partial charge in [0.2, 0.25) is 0 Å². The maximum atomic E-state index is 13.3. The molecule has 8 nitrogen and oxygen atoms in total. The summed E-state index contributed by atoms with van der Waals surface area (Å²) in [4.78, 5) is 23.6. The fourth-order valence-electron chi connectivity index (χ4n) is 4.19. The van der Waals surface area contributed by atoms with Gasteiger partial charge in [-0.05, 0) is 68.3 Å². The predicted octanol–water partition coefficient (Wildman–Crippen LogP) is 4.07. The Bertz CT molecular complexity index is 1280. The van der Waals surface area contributed by atoms with E-state index in [4.69, 9.17) is 4.74 Å². The Balaban J connectivity index is 1.24. The van der Waals surface area contributed by atoms with Gasteiger partial charge in [0.25, 0.3) is 5.91 Å². The summed E-state index contributed by atoms with van der Waals surface area (Å²) in [6, 6.07) is 13.6. The fraction of sp³-hybridized carbons (Fsp3) is 0.280. The van der Waals surface area contributed by atoms with Gasteiger partial charge in [-0.15, -0.1) is 0 Å². The standard InChI is InChI=1S/C25H25FN6O2/c1-2-34-21-9-3-17(4-10-21)25(33)31-13-11-19(12-14-31)30-23-22-15-29-32(24(22)28-16-27-23)20-7-5-18(26)6-8-20/h3-10,15-16,19H,2,11-14H2,1H3,(H,27,28,30). The zero-order valence-electron chi connectivity index (χ0n) is 18.8. The van der Waals surface area contributed by atoms with E-state index in [1.165, 1.54) is 18.5 Å². The van der Waals surface area contributed by atoms with Crippen molar-refractivity contribution < 1.29 is 13.9 Å². The molecule has 1 fully saturated rings. The zero-order chi connectivity index (χ0) is 23.5. The Morgan fingerprint density at radius 2 is 1.82 bits per heavy atom. The number of nitrogens with one attached hydrogen (secondary N) is 1. The normalized spacial score (nSPS) is 14.4. The van der Waals surface area contributed by atoms with Crippen molar-refractivity contribution in [3.8, 4) is 11.4 Å². The smallest absolute Gasteiger partial charge is 0.253 e. The van der Waals surface area contributed by atoms with E-state index in [1.54, 1.807) is 23.0 Å². The second kappa shape index (κ2) is 9.46. The average Bonchev–Trinajstić information content (AvgIpc) is 3.31. The van der Waals surface area contributed by atoms with Gasteiger partial charge in [0.05, 0.1) is 23.9 Å². The van der Waals surface area contributed by atoms with Gasteiger partial charge in [-0.3, -0.25) is 4.79 Å². The highest BCUT2D eigenvalue weighted by atomic mass is 19.1. The van der Waals surface area contributed by atoms with Crippen molar-refractivity contribution >= 4 is 22.8 Å². The van der Waals surface area contributed by atoms with E-state index in [1.807, 2.05) is 36.1 Å². The van der Waals surface area contributed by atoms with E-state index >= 15 is 0 Å². The van der Waals surface area contributed by atoms with Gasteiger partial charge in [-0.2, -0.15) is 5.10 Å². The molecular weight excluding hydrogens is 435 g/mol. The lowest BCUT2D eigenvalue weighted by molar-refractivity contribution is 0.0718. The van der Waals surface area contributed by atoms with Crippen molar-refractivity contribution in [2.45, 2.75) is 25.8 Å². The third-order valence-corrected chi connectivity index (χ3v) is 5.97. The number of aromatic nitrogens is 4. The van der Waals surface area contributed by atoms with E-state index in [0.717, 1.165) is 29.7 Å². The number of ether oxygens (including phenoxy) is 1. The second-order valence-electron chi connectivity index (χ2n) is 8.16. The molecule has 2 aromatic heterocycles. The van der Waals surface area contributed by atoms with E-state index < -0.39 is 0 Å². The Morgan fingerprint density at radius 1 is 1.09 bits per heavy atom. The van der Waals surface area contributed by atoms with Crippen LogP contribution in [0.4, 0.5) is 10.2 Å². The summed E-state index contributed by atoms with van der Waals surface area (Å²) in [5.74, 6) is 1.20. The highest BCUT2D eigenvalue weighted by Gasteiger charge is 2.24. The minimum Gasteiger partial charge on any atom is -0.494 e. The first-order valence-electron chi connectivity index (χ1n) is 11.4. The molecule has 0 spiro atoms. The monoisotopic (exact) mass is 460 g/mol. The molecule has 0 radical (unpaired) electrons. The highest BCUT2D eigenvalue weighted by molar-refractivity contribution is 5.94. The molecule has 0 unspecified atom stereocenters. The number of rotatable bonds is 6. The number of benzene rings is 2. The van der Waals surface area contributed by atoms with Crippen LogP contribution in [0.25, 0.3) is 16.7 Å². The molecular formula is C25H25FN6O2. The molecule has 9 heteroatoms. The number of carbonyl (C=O) groups is 1. The molecule has 5 rings (SSSR count). The molecule has 1 aliphatic rings. The number of halogens is 1. The minimum absolute atomic E-state index is 0.0338. The lowest BCUT2D eigenvalue weighted by atomic mass is 10.0. The molecule has 1 aliphatic heterocycles. The van der Waals surface area contributed by atoms with Crippen molar-refractivity contribution in [2.24, 2.45) is 0 Å². The van der Waals surface area contributed by atoms with Crippen molar-refractivity contribution in [1.29, 1.82) is 0 Å². The molecule has 1 saturated heterocycles. The van der Waals surface area contributed by atoms with E-state index in [-0.39, 0.29) is 17.8 Å². The first-order chi connectivity index (χ1) is 16.6. The third kappa shape index (κ3) is 4.41. The van der Waals surface area contributed by atoms with Crippen LogP contribution in [0, 0.1) is 5.82 Å². The maximum Gasteiger partial charge on any atom is 0.253 e. The largest absolute Gasteiger partial charge is 0.494 e. The van der Waals surface area contributed by atoms with Gasteiger partial charge in [0.1, 0.15) is 23.7 Å². The molecule has 0 bridgehead atoms. The predicted molar refractivity (Wildman–Crippen MR) is 127 cm³/mol. The zero-order valence-corrected chi connectivity index (χ0v) is 18.8. The Hall–Kier alpha value is -4.01. The summed E-state index contributed by atoms with van der Waals surface area (Å²) in [7, 11) is 0. The van der Waals surface area contributed by atoms with Crippen LogP contribution in [-0.2, 0) is 0 Å². The van der Waals surface area contributed by atoms with Crippen molar-refractivity contribution in [2.75, 3.05) is 25.0 Å². The Kier molecular flexibility index (Phi) is 6.07. The van der Waals surface area contributed by atoms with Gasteiger partial charge >= 0.3 is 0 Å². The lowest BCUT2D eigenvalue weighted by Crippen LogP contribution is -2.42. The van der Waals surface area contributed by atoms with Gasteiger partial charge in [0.15, 0.2) is 5.65 Å². The fourth-order valence-corrected chi connectivity index (χ4v) is 4.19. The van der Waals surface area contributed by atoms with Gasteiger partial charge in [0, 0.05) is 24.7 Å². The first kappa shape index (κ1) is 21.8.